The second kappa shape index (κ2) is 12.6. The fourth-order valence-electron chi connectivity index (χ4n) is 8.31. The van der Waals surface area contributed by atoms with Gasteiger partial charge in [-0.15, -0.1) is 0 Å². The second-order valence-corrected chi connectivity index (χ2v) is 14.0. The average molecular weight is 704 g/mol. The predicted molar refractivity (Wildman–Crippen MR) is 229 cm³/mol. The first-order valence-electron chi connectivity index (χ1n) is 18.7. The van der Waals surface area contributed by atoms with Crippen LogP contribution in [0.15, 0.2) is 209 Å². The van der Waals surface area contributed by atoms with Crippen molar-refractivity contribution in [2.24, 2.45) is 0 Å². The van der Waals surface area contributed by atoms with Gasteiger partial charge in [-0.05, 0) is 81.1 Å². The molecule has 0 saturated carbocycles. The Bertz CT molecular complexity index is 3190. The summed E-state index contributed by atoms with van der Waals surface area (Å²) in [6, 6.07) is 70.8. The predicted octanol–water partition coefficient (Wildman–Crippen LogP) is 15.1. The van der Waals surface area contributed by atoms with E-state index in [0.717, 1.165) is 88.8 Å². The van der Waals surface area contributed by atoms with Crippen LogP contribution in [0, 0.1) is 0 Å². The highest BCUT2D eigenvalue weighted by molar-refractivity contribution is 6.19. The molecule has 2 heterocycles. The van der Waals surface area contributed by atoms with Gasteiger partial charge < -0.3 is 13.7 Å². The summed E-state index contributed by atoms with van der Waals surface area (Å²) < 4.78 is 13.6. The standard InChI is InChI=1S/C52H33NO2/c1-3-13-35(14-4-1)42-31-32-43(36-15-5-2-6-16-36)52-50(42)46-22-12-23-47(51(46)55-52)53(39-29-30-45-44-20-9-10-24-48(44)54-49(45)33-39)38-27-25-37(26-28-38)41-21-11-18-34-17-7-8-19-40(34)41/h1-33H. The smallest absolute Gasteiger partial charge is 0.159 e. The van der Waals surface area contributed by atoms with E-state index in [1.807, 2.05) is 12.1 Å². The van der Waals surface area contributed by atoms with Crippen LogP contribution in [0.25, 0.3) is 88.0 Å². The molecule has 0 radical (unpaired) electrons. The van der Waals surface area contributed by atoms with Crippen LogP contribution in [0.3, 0.4) is 0 Å². The lowest BCUT2D eigenvalue weighted by Crippen LogP contribution is -2.10. The third kappa shape index (κ3) is 5.13. The van der Waals surface area contributed by atoms with Crippen LogP contribution in [0.5, 0.6) is 0 Å². The van der Waals surface area contributed by atoms with Crippen LogP contribution in [0.1, 0.15) is 0 Å². The van der Waals surface area contributed by atoms with Crippen molar-refractivity contribution >= 4 is 71.7 Å². The first-order valence-corrected chi connectivity index (χ1v) is 18.7. The number of anilines is 3. The molecule has 0 atom stereocenters. The molecule has 0 spiro atoms. The second-order valence-electron chi connectivity index (χ2n) is 14.0. The molecule has 0 unspecified atom stereocenters. The maximum Gasteiger partial charge on any atom is 0.159 e. The lowest BCUT2D eigenvalue weighted by molar-refractivity contribution is 0.668. The van der Waals surface area contributed by atoms with Gasteiger partial charge in [-0.25, -0.2) is 0 Å². The van der Waals surface area contributed by atoms with E-state index in [2.05, 4.69) is 193 Å². The van der Waals surface area contributed by atoms with E-state index in [9.17, 15) is 0 Å². The molecule has 0 aliphatic rings. The van der Waals surface area contributed by atoms with Crippen molar-refractivity contribution in [3.05, 3.63) is 200 Å². The molecule has 9 aromatic carbocycles. The molecular weight excluding hydrogens is 671 g/mol. The summed E-state index contributed by atoms with van der Waals surface area (Å²) in [5.74, 6) is 0. The van der Waals surface area contributed by atoms with Crippen molar-refractivity contribution in [1.82, 2.24) is 0 Å². The van der Waals surface area contributed by atoms with E-state index in [4.69, 9.17) is 8.83 Å². The van der Waals surface area contributed by atoms with Crippen LogP contribution in [0.4, 0.5) is 17.1 Å². The van der Waals surface area contributed by atoms with E-state index in [1.165, 1.54) is 16.3 Å². The number of rotatable bonds is 6. The molecule has 2 aromatic heterocycles. The van der Waals surface area contributed by atoms with Crippen LogP contribution >= 0.6 is 0 Å². The zero-order valence-electron chi connectivity index (χ0n) is 29.8. The van der Waals surface area contributed by atoms with Crippen molar-refractivity contribution in [2.75, 3.05) is 4.90 Å². The maximum atomic E-state index is 7.17. The Hall–Kier alpha value is -7.36. The van der Waals surface area contributed by atoms with Crippen LogP contribution < -0.4 is 4.90 Å². The highest BCUT2D eigenvalue weighted by Gasteiger charge is 2.24. The number of hydrogen-bond donors (Lipinski definition) is 0. The van der Waals surface area contributed by atoms with E-state index in [-0.39, 0.29) is 0 Å². The summed E-state index contributed by atoms with van der Waals surface area (Å²) in [6.45, 7) is 0. The van der Waals surface area contributed by atoms with Gasteiger partial charge in [-0.3, -0.25) is 0 Å². The van der Waals surface area contributed by atoms with Gasteiger partial charge in [0.15, 0.2) is 5.58 Å². The summed E-state index contributed by atoms with van der Waals surface area (Å²) >= 11 is 0. The van der Waals surface area contributed by atoms with Crippen LogP contribution in [0.2, 0.25) is 0 Å². The Labute approximate surface area is 317 Å². The number of fused-ring (bicyclic) bond motifs is 7. The van der Waals surface area contributed by atoms with E-state index < -0.39 is 0 Å². The normalized spacial score (nSPS) is 11.6. The third-order valence-corrected chi connectivity index (χ3v) is 10.9. The topological polar surface area (TPSA) is 29.5 Å². The molecule has 0 saturated heterocycles. The summed E-state index contributed by atoms with van der Waals surface area (Å²) in [7, 11) is 0. The molecule has 55 heavy (non-hydrogen) atoms. The lowest BCUT2D eigenvalue weighted by Gasteiger charge is -2.25. The molecule has 0 fully saturated rings. The Kier molecular flexibility index (Phi) is 7.17. The van der Waals surface area contributed by atoms with Crippen LogP contribution in [-0.4, -0.2) is 0 Å². The molecule has 11 rings (SSSR count). The average Bonchev–Trinajstić information content (AvgIpc) is 3.83. The molecule has 11 aromatic rings. The van der Waals surface area contributed by atoms with E-state index in [1.54, 1.807) is 0 Å². The number of para-hydroxylation sites is 2. The summed E-state index contributed by atoms with van der Waals surface area (Å²) in [5, 5.41) is 6.82. The Morgan fingerprint density at radius 3 is 1.75 bits per heavy atom. The van der Waals surface area contributed by atoms with Gasteiger partial charge in [0.2, 0.25) is 0 Å². The first-order chi connectivity index (χ1) is 27.3. The molecule has 0 amide bonds. The van der Waals surface area contributed by atoms with Gasteiger partial charge in [0, 0.05) is 38.9 Å². The molecule has 0 N–H and O–H groups in total. The zero-order valence-corrected chi connectivity index (χ0v) is 29.8. The Morgan fingerprint density at radius 1 is 0.327 bits per heavy atom. The fourth-order valence-corrected chi connectivity index (χ4v) is 8.31. The molecule has 3 heteroatoms. The van der Waals surface area contributed by atoms with Crippen LogP contribution in [-0.2, 0) is 0 Å². The number of benzene rings is 9. The van der Waals surface area contributed by atoms with Gasteiger partial charge in [-0.1, -0.05) is 152 Å². The van der Waals surface area contributed by atoms with E-state index in [0.29, 0.717) is 0 Å². The monoisotopic (exact) mass is 703 g/mol. The van der Waals surface area contributed by atoms with Crippen molar-refractivity contribution in [3.8, 4) is 33.4 Å². The highest BCUT2D eigenvalue weighted by Crippen LogP contribution is 2.47. The zero-order chi connectivity index (χ0) is 36.3. The highest BCUT2D eigenvalue weighted by atomic mass is 16.3. The molecule has 0 aliphatic heterocycles. The minimum Gasteiger partial charge on any atom is -0.456 e. The maximum absolute atomic E-state index is 7.17. The molecule has 0 aliphatic carbocycles. The molecule has 0 bridgehead atoms. The van der Waals surface area contributed by atoms with Gasteiger partial charge in [0.25, 0.3) is 0 Å². The summed E-state index contributed by atoms with van der Waals surface area (Å²) in [4.78, 5) is 2.30. The lowest BCUT2D eigenvalue weighted by atomic mass is 9.94. The summed E-state index contributed by atoms with van der Waals surface area (Å²) in [6.07, 6.45) is 0. The van der Waals surface area contributed by atoms with Crippen molar-refractivity contribution < 1.29 is 8.83 Å². The third-order valence-electron chi connectivity index (χ3n) is 10.9. The Balaban J connectivity index is 1.16. The molecule has 258 valence electrons. The fraction of sp³-hybridized carbons (Fsp3) is 0. The summed E-state index contributed by atoms with van der Waals surface area (Å²) in [5.41, 5.74) is 13.2. The number of hydrogen-bond acceptors (Lipinski definition) is 3. The molecular formula is C52H33NO2. The minimum atomic E-state index is 0.820. The van der Waals surface area contributed by atoms with Crippen molar-refractivity contribution in [1.29, 1.82) is 0 Å². The number of nitrogens with zero attached hydrogens (tertiary/aromatic N) is 1. The van der Waals surface area contributed by atoms with Crippen molar-refractivity contribution in [3.63, 3.8) is 0 Å². The Morgan fingerprint density at radius 2 is 0.927 bits per heavy atom. The minimum absolute atomic E-state index is 0.820. The number of furan rings is 2. The largest absolute Gasteiger partial charge is 0.456 e. The van der Waals surface area contributed by atoms with Gasteiger partial charge in [-0.2, -0.15) is 0 Å². The quantitative estimate of drug-likeness (QED) is 0.173. The van der Waals surface area contributed by atoms with E-state index >= 15 is 0 Å². The first kappa shape index (κ1) is 31.2. The SMILES string of the molecule is c1ccc(-c2ccc(-c3ccccc3)c3c2oc2c(N(c4ccc(-c5cccc6ccccc56)cc4)c4ccc5c(c4)oc4ccccc45)cccc23)cc1. The van der Waals surface area contributed by atoms with Gasteiger partial charge in [0.05, 0.1) is 11.4 Å². The van der Waals surface area contributed by atoms with Gasteiger partial charge in [0.1, 0.15) is 16.7 Å². The van der Waals surface area contributed by atoms with Gasteiger partial charge >= 0.3 is 0 Å². The van der Waals surface area contributed by atoms with Crippen molar-refractivity contribution in [2.45, 2.75) is 0 Å². The molecule has 3 nitrogen and oxygen atoms in total.